The third-order valence-electron chi connectivity index (χ3n) is 5.36. The van der Waals surface area contributed by atoms with E-state index in [4.69, 9.17) is 11.5 Å². The molecule has 0 saturated carbocycles. The number of benzene rings is 4. The summed E-state index contributed by atoms with van der Waals surface area (Å²) in [6.45, 7) is 0. The smallest absolute Gasteiger partial charge is 0.255 e. The maximum absolute atomic E-state index is 13.1. The Morgan fingerprint density at radius 3 is 1.22 bits per heavy atom. The first-order valence-corrected chi connectivity index (χ1v) is 10.8. The van der Waals surface area contributed by atoms with Crippen molar-refractivity contribution in [1.29, 1.82) is 0 Å². The van der Waals surface area contributed by atoms with Gasteiger partial charge < -0.3 is 32.3 Å². The summed E-state index contributed by atoms with van der Waals surface area (Å²) in [4.78, 5) is 38.2. The van der Waals surface area contributed by atoms with Gasteiger partial charge in [-0.2, -0.15) is 0 Å². The molecule has 4 aromatic rings. The minimum Gasteiger partial charge on any atom is -0.506 e. The number of amides is 2. The lowest BCUT2D eigenvalue weighted by atomic mass is 10.0. The van der Waals surface area contributed by atoms with Crippen LogP contribution >= 0.6 is 0 Å². The molecule has 0 unspecified atom stereocenters. The lowest BCUT2D eigenvalue weighted by molar-refractivity contribution is 0.101. The van der Waals surface area contributed by atoms with Crippen molar-refractivity contribution in [3.8, 4) is 11.5 Å². The van der Waals surface area contributed by atoms with Crippen molar-refractivity contribution in [3.63, 3.8) is 0 Å². The predicted molar refractivity (Wildman–Crippen MR) is 137 cm³/mol. The van der Waals surface area contributed by atoms with Gasteiger partial charge >= 0.3 is 0 Å². The van der Waals surface area contributed by atoms with Crippen LogP contribution in [0.2, 0.25) is 0 Å². The van der Waals surface area contributed by atoms with Gasteiger partial charge in [-0.05, 0) is 84.9 Å². The number of ketones is 1. The highest BCUT2D eigenvalue weighted by Crippen LogP contribution is 2.29. The summed E-state index contributed by atoms with van der Waals surface area (Å²) in [5.74, 6) is -1.89. The van der Waals surface area contributed by atoms with Gasteiger partial charge in [0.15, 0.2) is 5.78 Å². The SMILES string of the molecule is Nc1ccc(C(=O)Nc2cc(C(=O)c3ccc(O)c(NC(=O)c4ccc(N)cc4)c3)ccc2O)cc1. The van der Waals surface area contributed by atoms with Crippen molar-refractivity contribution < 1.29 is 24.6 Å². The molecule has 0 spiro atoms. The van der Waals surface area contributed by atoms with Gasteiger partial charge in [-0.25, -0.2) is 0 Å². The fourth-order valence-corrected chi connectivity index (χ4v) is 3.38. The number of rotatable bonds is 6. The third-order valence-corrected chi connectivity index (χ3v) is 5.36. The molecule has 4 aromatic carbocycles. The quantitative estimate of drug-likeness (QED) is 0.137. The molecule has 4 rings (SSSR count). The van der Waals surface area contributed by atoms with Crippen molar-refractivity contribution in [2.45, 2.75) is 0 Å². The van der Waals surface area contributed by atoms with Crippen LogP contribution in [0.4, 0.5) is 22.7 Å². The molecule has 0 atom stereocenters. The highest BCUT2D eigenvalue weighted by molar-refractivity contribution is 6.12. The molecule has 0 aliphatic rings. The molecule has 8 N–H and O–H groups in total. The predicted octanol–water partition coefficient (Wildman–Crippen LogP) is 4.00. The largest absolute Gasteiger partial charge is 0.506 e. The number of phenolic OH excluding ortho intramolecular Hbond substituents is 2. The minimum atomic E-state index is -0.493. The van der Waals surface area contributed by atoms with Crippen LogP contribution in [0.15, 0.2) is 84.9 Å². The highest BCUT2D eigenvalue weighted by atomic mass is 16.3. The normalized spacial score (nSPS) is 10.4. The standard InChI is InChI=1S/C27H22N4O5/c28-19-7-1-15(2-8-19)26(35)30-21-13-17(5-11-23(21)32)25(34)18-6-12-24(33)22(14-18)31-27(36)16-3-9-20(29)10-4-16/h1-14,32-33H,28-29H2,(H,30,35)(H,31,36). The topological polar surface area (TPSA) is 168 Å². The van der Waals surface area contributed by atoms with Crippen molar-refractivity contribution in [3.05, 3.63) is 107 Å². The first-order valence-electron chi connectivity index (χ1n) is 10.8. The van der Waals surface area contributed by atoms with Crippen LogP contribution in [0.5, 0.6) is 11.5 Å². The van der Waals surface area contributed by atoms with Gasteiger partial charge in [0, 0.05) is 33.6 Å². The summed E-state index contributed by atoms with van der Waals surface area (Å²) in [6.07, 6.45) is 0. The molecule has 0 bridgehead atoms. The van der Waals surface area contributed by atoms with Gasteiger partial charge in [-0.1, -0.05) is 0 Å². The van der Waals surface area contributed by atoms with E-state index >= 15 is 0 Å². The second-order valence-corrected chi connectivity index (χ2v) is 7.95. The van der Waals surface area contributed by atoms with E-state index in [1.165, 1.54) is 60.7 Å². The van der Waals surface area contributed by atoms with E-state index in [2.05, 4.69) is 10.6 Å². The molecule has 180 valence electrons. The molecule has 2 amide bonds. The molecule has 0 aliphatic carbocycles. The van der Waals surface area contributed by atoms with Crippen molar-refractivity contribution >= 4 is 40.3 Å². The number of phenols is 2. The molecule has 9 nitrogen and oxygen atoms in total. The van der Waals surface area contributed by atoms with Gasteiger partial charge in [0.2, 0.25) is 0 Å². The highest BCUT2D eigenvalue weighted by Gasteiger charge is 2.17. The van der Waals surface area contributed by atoms with E-state index in [-0.39, 0.29) is 34.0 Å². The fraction of sp³-hybridized carbons (Fsp3) is 0. The number of nitrogen functional groups attached to an aromatic ring is 2. The molecule has 0 fully saturated rings. The Labute approximate surface area is 206 Å². The number of nitrogens with one attached hydrogen (secondary N) is 2. The van der Waals surface area contributed by atoms with Crippen LogP contribution in [0, 0.1) is 0 Å². The Bertz CT molecular complexity index is 1350. The lowest BCUT2D eigenvalue weighted by Gasteiger charge is -2.11. The number of carbonyl (C=O) groups is 3. The molecular weight excluding hydrogens is 460 g/mol. The molecule has 0 saturated heterocycles. The number of anilines is 4. The average Bonchev–Trinajstić information content (AvgIpc) is 2.87. The van der Waals surface area contributed by atoms with Crippen LogP contribution in [0.25, 0.3) is 0 Å². The van der Waals surface area contributed by atoms with Crippen LogP contribution < -0.4 is 22.1 Å². The maximum Gasteiger partial charge on any atom is 0.255 e. The van der Waals surface area contributed by atoms with Crippen molar-refractivity contribution in [2.75, 3.05) is 22.1 Å². The van der Waals surface area contributed by atoms with E-state index in [1.807, 2.05) is 0 Å². The molecule has 36 heavy (non-hydrogen) atoms. The zero-order valence-electron chi connectivity index (χ0n) is 18.9. The van der Waals surface area contributed by atoms with Crippen LogP contribution in [0.1, 0.15) is 36.6 Å². The number of hydrogen-bond donors (Lipinski definition) is 6. The summed E-state index contributed by atoms with van der Waals surface area (Å²) in [5, 5.41) is 25.5. The summed E-state index contributed by atoms with van der Waals surface area (Å²) in [7, 11) is 0. The van der Waals surface area contributed by atoms with Crippen molar-refractivity contribution in [1.82, 2.24) is 0 Å². The van der Waals surface area contributed by atoms with Gasteiger partial charge in [0.25, 0.3) is 11.8 Å². The van der Waals surface area contributed by atoms with Gasteiger partial charge in [0.05, 0.1) is 11.4 Å². The Hall–Kier alpha value is -5.31. The zero-order valence-corrected chi connectivity index (χ0v) is 18.9. The molecule has 0 radical (unpaired) electrons. The van der Waals surface area contributed by atoms with E-state index in [0.717, 1.165) is 0 Å². The Morgan fingerprint density at radius 2 is 0.861 bits per heavy atom. The Morgan fingerprint density at radius 1 is 0.528 bits per heavy atom. The number of hydrogen-bond acceptors (Lipinski definition) is 7. The summed E-state index contributed by atoms with van der Waals surface area (Å²) >= 11 is 0. The molecular formula is C27H22N4O5. The Kier molecular flexibility index (Phi) is 6.55. The molecule has 9 heteroatoms. The third kappa shape index (κ3) is 5.26. The monoisotopic (exact) mass is 482 g/mol. The van der Waals surface area contributed by atoms with Gasteiger partial charge in [-0.15, -0.1) is 0 Å². The molecule has 0 heterocycles. The Balaban J connectivity index is 1.55. The fourth-order valence-electron chi connectivity index (χ4n) is 3.38. The van der Waals surface area contributed by atoms with E-state index in [1.54, 1.807) is 24.3 Å². The van der Waals surface area contributed by atoms with Gasteiger partial charge in [-0.3, -0.25) is 14.4 Å². The minimum absolute atomic E-state index is 0.0401. The molecule has 0 aromatic heterocycles. The second-order valence-electron chi connectivity index (χ2n) is 7.95. The summed E-state index contributed by atoms with van der Waals surface area (Å²) in [5.41, 5.74) is 13.3. The maximum atomic E-state index is 13.1. The average molecular weight is 482 g/mol. The first-order chi connectivity index (χ1) is 17.2. The van der Waals surface area contributed by atoms with Crippen LogP contribution in [-0.2, 0) is 0 Å². The number of carbonyl (C=O) groups excluding carboxylic acids is 3. The van der Waals surface area contributed by atoms with Crippen LogP contribution in [-0.4, -0.2) is 27.8 Å². The van der Waals surface area contributed by atoms with Crippen LogP contribution in [0.3, 0.4) is 0 Å². The van der Waals surface area contributed by atoms with E-state index < -0.39 is 17.6 Å². The first kappa shape index (κ1) is 23.8. The summed E-state index contributed by atoms with van der Waals surface area (Å²) in [6, 6.07) is 20.5. The number of nitrogens with two attached hydrogens (primary N) is 2. The lowest BCUT2D eigenvalue weighted by Crippen LogP contribution is -2.13. The number of aromatic hydroxyl groups is 2. The van der Waals surface area contributed by atoms with Crippen molar-refractivity contribution in [2.24, 2.45) is 0 Å². The van der Waals surface area contributed by atoms with E-state index in [9.17, 15) is 24.6 Å². The molecule has 0 aliphatic heterocycles. The van der Waals surface area contributed by atoms with Gasteiger partial charge in [0.1, 0.15) is 11.5 Å². The zero-order chi connectivity index (χ0) is 25.8. The summed E-state index contributed by atoms with van der Waals surface area (Å²) < 4.78 is 0. The second kappa shape index (κ2) is 9.90. The van der Waals surface area contributed by atoms with E-state index in [0.29, 0.717) is 22.5 Å².